The smallest absolute Gasteiger partial charge is 0.232 e. The van der Waals surface area contributed by atoms with Gasteiger partial charge in [0.25, 0.3) is 0 Å². The third-order valence-electron chi connectivity index (χ3n) is 4.27. The maximum atomic E-state index is 13.4. The number of hydrogen-bond donors (Lipinski definition) is 1. The van der Waals surface area contributed by atoms with Gasteiger partial charge in [-0.05, 0) is 50.1 Å². The zero-order valence-electron chi connectivity index (χ0n) is 16.9. The van der Waals surface area contributed by atoms with Gasteiger partial charge in [-0.2, -0.15) is 0 Å². The van der Waals surface area contributed by atoms with Gasteiger partial charge in [0.1, 0.15) is 18.2 Å². The minimum atomic E-state index is -3.58. The van der Waals surface area contributed by atoms with Crippen LogP contribution in [0.3, 0.4) is 0 Å². The summed E-state index contributed by atoms with van der Waals surface area (Å²) in [5.74, 6) is 0.0726. The first-order valence-electron chi connectivity index (χ1n) is 9.37. The molecule has 29 heavy (non-hydrogen) atoms. The largest absolute Gasteiger partial charge is 0.491 e. The number of sulfonamides is 1. The van der Waals surface area contributed by atoms with Crippen LogP contribution in [0.4, 0.5) is 10.1 Å². The van der Waals surface area contributed by atoms with Crippen LogP contribution < -0.4 is 14.4 Å². The molecule has 6 nitrogen and oxygen atoms in total. The minimum Gasteiger partial charge on any atom is -0.491 e. The molecular formula is C21H27FN2O4S. The molecular weight excluding hydrogens is 395 g/mol. The molecule has 0 bridgehead atoms. The van der Waals surface area contributed by atoms with Gasteiger partial charge in [0.05, 0.1) is 18.5 Å². The molecule has 0 aliphatic rings. The number of rotatable bonds is 10. The molecule has 0 aliphatic carbocycles. The molecule has 2 aromatic rings. The number of ether oxygens (including phenoxy) is 1. The Kier molecular flexibility index (Phi) is 8.01. The van der Waals surface area contributed by atoms with Crippen LogP contribution in [-0.4, -0.2) is 40.3 Å². The first-order valence-corrected chi connectivity index (χ1v) is 11.2. The zero-order chi connectivity index (χ0) is 21.4. The highest BCUT2D eigenvalue weighted by Crippen LogP contribution is 2.20. The van der Waals surface area contributed by atoms with Crippen molar-refractivity contribution in [3.8, 4) is 5.75 Å². The van der Waals surface area contributed by atoms with Crippen LogP contribution >= 0.6 is 0 Å². The summed E-state index contributed by atoms with van der Waals surface area (Å²) in [5, 5.41) is 2.75. The van der Waals surface area contributed by atoms with Crippen LogP contribution in [0.5, 0.6) is 5.75 Å². The van der Waals surface area contributed by atoms with Crippen molar-refractivity contribution in [1.29, 1.82) is 0 Å². The summed E-state index contributed by atoms with van der Waals surface area (Å²) in [6, 6.07) is 11.3. The lowest BCUT2D eigenvalue weighted by Gasteiger charge is -2.22. The molecule has 1 amide bonds. The zero-order valence-corrected chi connectivity index (χ0v) is 17.8. The van der Waals surface area contributed by atoms with Gasteiger partial charge in [-0.1, -0.05) is 23.8 Å². The van der Waals surface area contributed by atoms with Crippen molar-refractivity contribution in [3.05, 3.63) is 59.4 Å². The summed E-state index contributed by atoms with van der Waals surface area (Å²) in [5.41, 5.74) is 2.44. The predicted molar refractivity (Wildman–Crippen MR) is 112 cm³/mol. The van der Waals surface area contributed by atoms with Crippen molar-refractivity contribution < 1.29 is 22.3 Å². The number of aryl methyl sites for hydroxylation is 2. The van der Waals surface area contributed by atoms with E-state index in [0.717, 1.165) is 33.5 Å². The van der Waals surface area contributed by atoms with Crippen LogP contribution in [0.15, 0.2) is 42.5 Å². The Morgan fingerprint density at radius 1 is 1.17 bits per heavy atom. The maximum Gasteiger partial charge on any atom is 0.232 e. The Morgan fingerprint density at radius 3 is 2.59 bits per heavy atom. The Morgan fingerprint density at radius 2 is 1.93 bits per heavy atom. The molecule has 0 spiro atoms. The van der Waals surface area contributed by atoms with Crippen LogP contribution in [-0.2, 0) is 14.8 Å². The molecule has 0 aliphatic heterocycles. The second-order valence-corrected chi connectivity index (χ2v) is 8.79. The molecule has 0 radical (unpaired) electrons. The van der Waals surface area contributed by atoms with E-state index in [0.29, 0.717) is 19.6 Å². The van der Waals surface area contributed by atoms with Crippen molar-refractivity contribution >= 4 is 21.6 Å². The highest BCUT2D eigenvalue weighted by Gasteiger charge is 2.18. The van der Waals surface area contributed by atoms with E-state index in [9.17, 15) is 17.6 Å². The van der Waals surface area contributed by atoms with Gasteiger partial charge >= 0.3 is 0 Å². The monoisotopic (exact) mass is 422 g/mol. The molecule has 8 heteroatoms. The van der Waals surface area contributed by atoms with Gasteiger partial charge in [-0.15, -0.1) is 0 Å². The van der Waals surface area contributed by atoms with Crippen LogP contribution in [0, 0.1) is 19.7 Å². The second-order valence-electron chi connectivity index (χ2n) is 6.89. The fourth-order valence-electron chi connectivity index (χ4n) is 2.90. The van der Waals surface area contributed by atoms with Gasteiger partial charge < -0.3 is 10.1 Å². The van der Waals surface area contributed by atoms with E-state index in [1.165, 1.54) is 18.2 Å². The normalized spacial score (nSPS) is 11.2. The minimum absolute atomic E-state index is 0.0920. The van der Waals surface area contributed by atoms with E-state index in [1.807, 2.05) is 32.0 Å². The molecule has 0 saturated heterocycles. The van der Waals surface area contributed by atoms with Gasteiger partial charge in [-0.25, -0.2) is 12.8 Å². The Bertz CT molecular complexity index is 947. The van der Waals surface area contributed by atoms with Crippen LogP contribution in [0.25, 0.3) is 0 Å². The summed E-state index contributed by atoms with van der Waals surface area (Å²) in [6.45, 7) is 4.76. The summed E-state index contributed by atoms with van der Waals surface area (Å²) in [7, 11) is -3.58. The molecule has 158 valence electrons. The lowest BCUT2D eigenvalue weighted by Crippen LogP contribution is -2.33. The van der Waals surface area contributed by atoms with Gasteiger partial charge in [0.15, 0.2) is 0 Å². The molecule has 2 aromatic carbocycles. The molecule has 0 atom stereocenters. The number of nitrogens with one attached hydrogen (secondary N) is 1. The van der Waals surface area contributed by atoms with Gasteiger partial charge in [0, 0.05) is 13.0 Å². The van der Waals surface area contributed by atoms with E-state index < -0.39 is 15.8 Å². The SMILES string of the molecule is Cc1ccc(OCCNC(=O)CCCN(c2cccc(F)c2)S(C)(=O)=O)c(C)c1. The molecule has 0 aromatic heterocycles. The van der Waals surface area contributed by atoms with E-state index in [1.54, 1.807) is 0 Å². The van der Waals surface area contributed by atoms with Crippen molar-refractivity contribution in [3.63, 3.8) is 0 Å². The highest BCUT2D eigenvalue weighted by atomic mass is 32.2. The highest BCUT2D eigenvalue weighted by molar-refractivity contribution is 7.92. The van der Waals surface area contributed by atoms with E-state index in [4.69, 9.17) is 4.74 Å². The number of halogens is 1. The van der Waals surface area contributed by atoms with Gasteiger partial charge in [-0.3, -0.25) is 9.10 Å². The lowest BCUT2D eigenvalue weighted by atomic mass is 10.1. The number of carbonyl (C=O) groups is 1. The van der Waals surface area contributed by atoms with Crippen LogP contribution in [0.2, 0.25) is 0 Å². The number of hydrogen-bond acceptors (Lipinski definition) is 4. The molecule has 0 unspecified atom stereocenters. The fourth-order valence-corrected chi connectivity index (χ4v) is 3.86. The topological polar surface area (TPSA) is 75.7 Å². The van der Waals surface area contributed by atoms with Crippen molar-refractivity contribution in [2.24, 2.45) is 0 Å². The molecule has 0 heterocycles. The average molecular weight is 423 g/mol. The number of nitrogens with zero attached hydrogens (tertiary/aromatic N) is 1. The summed E-state index contributed by atoms with van der Waals surface area (Å²) in [6.07, 6.45) is 1.53. The number of benzene rings is 2. The molecule has 0 fully saturated rings. The number of anilines is 1. The predicted octanol–water partition coefficient (Wildman–Crippen LogP) is 3.18. The summed E-state index contributed by atoms with van der Waals surface area (Å²) in [4.78, 5) is 12.0. The standard InChI is InChI=1S/C21H27FN2O4S/c1-16-9-10-20(17(2)14-16)28-13-11-23-21(25)8-5-12-24(29(3,26)27)19-7-4-6-18(22)15-19/h4,6-7,9-10,14-15H,5,8,11-13H2,1-3H3,(H,23,25). The molecule has 1 N–H and O–H groups in total. The third-order valence-corrected chi connectivity index (χ3v) is 5.47. The summed E-state index contributed by atoms with van der Waals surface area (Å²) >= 11 is 0. The third kappa shape index (κ3) is 7.38. The van der Waals surface area contributed by atoms with E-state index in [-0.39, 0.29) is 24.6 Å². The summed E-state index contributed by atoms with van der Waals surface area (Å²) < 4.78 is 44.2. The Labute approximate surface area is 171 Å². The molecule has 2 rings (SSSR count). The average Bonchev–Trinajstić information content (AvgIpc) is 2.62. The van der Waals surface area contributed by atoms with E-state index in [2.05, 4.69) is 5.32 Å². The first-order chi connectivity index (χ1) is 13.7. The molecule has 0 saturated carbocycles. The maximum absolute atomic E-state index is 13.4. The van der Waals surface area contributed by atoms with Gasteiger partial charge in [0.2, 0.25) is 15.9 Å². The number of carbonyl (C=O) groups excluding carboxylic acids is 1. The van der Waals surface area contributed by atoms with Crippen LogP contribution in [0.1, 0.15) is 24.0 Å². The fraction of sp³-hybridized carbons (Fsp3) is 0.381. The van der Waals surface area contributed by atoms with Crippen molar-refractivity contribution in [2.45, 2.75) is 26.7 Å². The lowest BCUT2D eigenvalue weighted by molar-refractivity contribution is -0.121. The number of amides is 1. The van der Waals surface area contributed by atoms with Crippen molar-refractivity contribution in [2.75, 3.05) is 30.3 Å². The quantitative estimate of drug-likeness (QED) is 0.597. The van der Waals surface area contributed by atoms with Crippen molar-refractivity contribution in [1.82, 2.24) is 5.32 Å². The second kappa shape index (κ2) is 10.2. The first kappa shape index (κ1) is 22.7. The Hall–Kier alpha value is -2.61. The van der Waals surface area contributed by atoms with E-state index >= 15 is 0 Å². The Balaban J connectivity index is 1.76.